The summed E-state index contributed by atoms with van der Waals surface area (Å²) in [5.41, 5.74) is 0.303. The van der Waals surface area contributed by atoms with Crippen LogP contribution in [-0.4, -0.2) is 49.5 Å². The Hall–Kier alpha value is -1.63. The molecule has 0 aromatic carbocycles. The van der Waals surface area contributed by atoms with Gasteiger partial charge in [0.1, 0.15) is 0 Å². The topological polar surface area (TPSA) is 84.6 Å². The molecule has 1 aromatic rings. The minimum absolute atomic E-state index is 0.286. The number of ether oxygens (including phenoxy) is 1. The van der Waals surface area contributed by atoms with E-state index in [0.29, 0.717) is 17.7 Å². The highest BCUT2D eigenvalue weighted by Gasteiger charge is 2.33. The standard InChI is InChI=1S/C19H35N5O2/c1-5-20-18(21-12-8-16-23-17(15(2)3)24-26-16)22-14-19(11-13-25-4)9-6-7-10-19/h15H,5-14H2,1-4H3,(H2,20,21,22). The Labute approximate surface area is 157 Å². The van der Waals surface area contributed by atoms with Crippen LogP contribution in [0.4, 0.5) is 0 Å². The van der Waals surface area contributed by atoms with Crippen LogP contribution in [0.5, 0.6) is 0 Å². The van der Waals surface area contributed by atoms with Crippen molar-refractivity contribution in [1.82, 2.24) is 20.8 Å². The maximum atomic E-state index is 5.31. The van der Waals surface area contributed by atoms with Gasteiger partial charge in [0.2, 0.25) is 5.89 Å². The van der Waals surface area contributed by atoms with Gasteiger partial charge in [0, 0.05) is 45.7 Å². The van der Waals surface area contributed by atoms with Crippen LogP contribution in [0, 0.1) is 5.41 Å². The Morgan fingerprint density at radius 1 is 1.31 bits per heavy atom. The molecule has 0 unspecified atom stereocenters. The molecule has 2 N–H and O–H groups in total. The summed E-state index contributed by atoms with van der Waals surface area (Å²) in [4.78, 5) is 9.27. The first-order valence-corrected chi connectivity index (χ1v) is 9.92. The van der Waals surface area contributed by atoms with Gasteiger partial charge < -0.3 is 19.9 Å². The fraction of sp³-hybridized carbons (Fsp3) is 0.842. The van der Waals surface area contributed by atoms with Crippen molar-refractivity contribution < 1.29 is 9.26 Å². The van der Waals surface area contributed by atoms with E-state index in [0.717, 1.165) is 44.4 Å². The number of methoxy groups -OCH3 is 1. The summed E-state index contributed by atoms with van der Waals surface area (Å²) in [5.74, 6) is 2.58. The molecule has 148 valence electrons. The summed E-state index contributed by atoms with van der Waals surface area (Å²) >= 11 is 0. The van der Waals surface area contributed by atoms with Crippen molar-refractivity contribution in [3.05, 3.63) is 11.7 Å². The molecule has 1 aliphatic carbocycles. The number of hydrogen-bond donors (Lipinski definition) is 2. The van der Waals surface area contributed by atoms with E-state index in [1.165, 1.54) is 25.7 Å². The molecule has 0 atom stereocenters. The van der Waals surface area contributed by atoms with E-state index >= 15 is 0 Å². The largest absolute Gasteiger partial charge is 0.385 e. The molecule has 7 nitrogen and oxygen atoms in total. The maximum absolute atomic E-state index is 5.31. The van der Waals surface area contributed by atoms with Gasteiger partial charge in [-0.1, -0.05) is 31.8 Å². The Morgan fingerprint density at radius 2 is 2.08 bits per heavy atom. The lowest BCUT2D eigenvalue weighted by Crippen LogP contribution is -2.39. The predicted octanol–water partition coefficient (Wildman–Crippen LogP) is 2.89. The lowest BCUT2D eigenvalue weighted by atomic mass is 9.83. The van der Waals surface area contributed by atoms with E-state index in [1.807, 2.05) is 0 Å². The normalized spacial score (nSPS) is 17.0. The molecular weight excluding hydrogens is 330 g/mol. The molecule has 0 bridgehead atoms. The molecule has 1 fully saturated rings. The Kier molecular flexibility index (Phi) is 8.35. The first kappa shape index (κ1) is 20.7. The third-order valence-electron chi connectivity index (χ3n) is 5.05. The van der Waals surface area contributed by atoms with Crippen LogP contribution in [0.25, 0.3) is 0 Å². The molecule has 26 heavy (non-hydrogen) atoms. The predicted molar refractivity (Wildman–Crippen MR) is 103 cm³/mol. The minimum atomic E-state index is 0.286. The molecule has 0 aliphatic heterocycles. The zero-order chi connectivity index (χ0) is 18.8. The molecule has 0 radical (unpaired) electrons. The highest BCUT2D eigenvalue weighted by atomic mass is 16.5. The van der Waals surface area contributed by atoms with Gasteiger partial charge in [0.25, 0.3) is 0 Å². The third kappa shape index (κ3) is 6.27. The highest BCUT2D eigenvalue weighted by Crippen LogP contribution is 2.41. The van der Waals surface area contributed by atoms with Gasteiger partial charge in [0.05, 0.1) is 0 Å². The summed E-state index contributed by atoms with van der Waals surface area (Å²) in [7, 11) is 1.78. The minimum Gasteiger partial charge on any atom is -0.385 e. The van der Waals surface area contributed by atoms with Crippen molar-refractivity contribution in [2.75, 3.05) is 33.4 Å². The lowest BCUT2D eigenvalue weighted by Gasteiger charge is -2.27. The molecule has 7 heteroatoms. The summed E-state index contributed by atoms with van der Waals surface area (Å²) < 4.78 is 10.6. The lowest BCUT2D eigenvalue weighted by molar-refractivity contribution is 0.141. The van der Waals surface area contributed by atoms with Crippen molar-refractivity contribution in [2.24, 2.45) is 10.4 Å². The second-order valence-electron chi connectivity index (χ2n) is 7.52. The molecule has 1 heterocycles. The smallest absolute Gasteiger partial charge is 0.228 e. The van der Waals surface area contributed by atoms with Crippen LogP contribution >= 0.6 is 0 Å². The van der Waals surface area contributed by atoms with Crippen molar-refractivity contribution in [3.8, 4) is 0 Å². The Morgan fingerprint density at radius 3 is 2.69 bits per heavy atom. The molecular formula is C19H35N5O2. The van der Waals surface area contributed by atoms with Crippen LogP contribution < -0.4 is 10.6 Å². The first-order chi connectivity index (χ1) is 12.6. The van der Waals surface area contributed by atoms with E-state index < -0.39 is 0 Å². The molecule has 1 aromatic heterocycles. The Bertz CT molecular complexity index is 550. The van der Waals surface area contributed by atoms with Crippen LogP contribution in [-0.2, 0) is 11.2 Å². The van der Waals surface area contributed by atoms with Crippen molar-refractivity contribution in [2.45, 2.75) is 65.2 Å². The van der Waals surface area contributed by atoms with Gasteiger partial charge in [-0.15, -0.1) is 0 Å². The van der Waals surface area contributed by atoms with E-state index in [4.69, 9.17) is 14.3 Å². The summed E-state index contributed by atoms with van der Waals surface area (Å²) in [5, 5.41) is 10.7. The van der Waals surface area contributed by atoms with E-state index in [9.17, 15) is 0 Å². The quantitative estimate of drug-likeness (QED) is 0.490. The van der Waals surface area contributed by atoms with Gasteiger partial charge in [-0.05, 0) is 31.6 Å². The maximum Gasteiger partial charge on any atom is 0.228 e. The monoisotopic (exact) mass is 365 g/mol. The zero-order valence-corrected chi connectivity index (χ0v) is 16.8. The fourth-order valence-electron chi connectivity index (χ4n) is 3.41. The number of aliphatic imine (C=N–C) groups is 1. The number of nitrogens with one attached hydrogen (secondary N) is 2. The molecule has 1 aliphatic rings. The Balaban J connectivity index is 1.86. The molecule has 2 rings (SSSR count). The van der Waals surface area contributed by atoms with Crippen molar-refractivity contribution >= 4 is 5.96 Å². The van der Waals surface area contributed by atoms with Gasteiger partial charge in [-0.3, -0.25) is 4.99 Å². The average Bonchev–Trinajstić information content (AvgIpc) is 3.28. The second kappa shape index (κ2) is 10.5. The summed E-state index contributed by atoms with van der Waals surface area (Å²) in [6, 6.07) is 0. The van der Waals surface area contributed by atoms with Crippen molar-refractivity contribution in [1.29, 1.82) is 0 Å². The van der Waals surface area contributed by atoms with E-state index in [-0.39, 0.29) is 5.92 Å². The number of aromatic nitrogens is 2. The van der Waals surface area contributed by atoms with Crippen LogP contribution in [0.1, 0.15) is 70.5 Å². The highest BCUT2D eigenvalue weighted by molar-refractivity contribution is 5.79. The van der Waals surface area contributed by atoms with Crippen LogP contribution in [0.15, 0.2) is 9.52 Å². The number of nitrogens with zero attached hydrogens (tertiary/aromatic N) is 3. The van der Waals surface area contributed by atoms with Gasteiger partial charge in [-0.2, -0.15) is 4.98 Å². The summed E-state index contributed by atoms with van der Waals surface area (Å²) in [6.45, 7) is 9.43. The zero-order valence-electron chi connectivity index (χ0n) is 16.8. The first-order valence-electron chi connectivity index (χ1n) is 9.92. The van der Waals surface area contributed by atoms with Crippen molar-refractivity contribution in [3.63, 3.8) is 0 Å². The third-order valence-corrected chi connectivity index (χ3v) is 5.05. The summed E-state index contributed by atoms with van der Waals surface area (Å²) in [6.07, 6.45) is 6.89. The molecule has 0 amide bonds. The number of rotatable bonds is 10. The van der Waals surface area contributed by atoms with E-state index in [2.05, 4.69) is 41.5 Å². The van der Waals surface area contributed by atoms with Gasteiger partial charge >= 0.3 is 0 Å². The van der Waals surface area contributed by atoms with Crippen LogP contribution in [0.3, 0.4) is 0 Å². The second-order valence-corrected chi connectivity index (χ2v) is 7.52. The molecule has 0 spiro atoms. The number of hydrogen-bond acceptors (Lipinski definition) is 5. The van der Waals surface area contributed by atoms with Gasteiger partial charge in [0.15, 0.2) is 11.8 Å². The average molecular weight is 366 g/mol. The molecule has 0 saturated heterocycles. The SMILES string of the molecule is CCNC(=NCC1(CCOC)CCCC1)NCCc1nc(C(C)C)no1. The fourth-order valence-corrected chi connectivity index (χ4v) is 3.41. The van der Waals surface area contributed by atoms with Gasteiger partial charge in [-0.25, -0.2) is 0 Å². The van der Waals surface area contributed by atoms with Crippen LogP contribution in [0.2, 0.25) is 0 Å². The van der Waals surface area contributed by atoms with E-state index in [1.54, 1.807) is 7.11 Å². The molecule has 1 saturated carbocycles. The number of guanidine groups is 1.